The first-order chi connectivity index (χ1) is 10.1. The molecule has 3 heterocycles. The van der Waals surface area contributed by atoms with Crippen LogP contribution in [0.4, 0.5) is 4.79 Å². The van der Waals surface area contributed by atoms with Crippen molar-refractivity contribution < 1.29 is 4.79 Å². The van der Waals surface area contributed by atoms with E-state index in [1.807, 2.05) is 4.90 Å². The highest BCUT2D eigenvalue weighted by atomic mass is 16.2. The van der Waals surface area contributed by atoms with E-state index in [0.29, 0.717) is 30.0 Å². The molecule has 7 heteroatoms. The third-order valence-corrected chi connectivity index (χ3v) is 3.71. The van der Waals surface area contributed by atoms with Crippen LogP contribution in [0.5, 0.6) is 0 Å². The second-order valence-corrected chi connectivity index (χ2v) is 5.90. The number of aromatic nitrogens is 4. The lowest BCUT2D eigenvalue weighted by atomic mass is 9.92. The van der Waals surface area contributed by atoms with Gasteiger partial charge in [-0.05, 0) is 24.3 Å². The van der Waals surface area contributed by atoms with Crippen molar-refractivity contribution in [3.05, 3.63) is 24.3 Å². The summed E-state index contributed by atoms with van der Waals surface area (Å²) in [5, 5.41) is 7.16. The average molecular weight is 288 g/mol. The summed E-state index contributed by atoms with van der Waals surface area (Å²) in [6, 6.07) is 1.75. The topological polar surface area (TPSA) is 75.4 Å². The first-order valence-corrected chi connectivity index (χ1v) is 7.31. The molecule has 2 unspecified atom stereocenters. The van der Waals surface area contributed by atoms with Crippen LogP contribution in [0, 0.1) is 11.8 Å². The summed E-state index contributed by atoms with van der Waals surface area (Å²) in [4.78, 5) is 22.5. The number of nitrogens with one attached hydrogen (secondary N) is 1. The number of fused-ring (bicyclic) bond motifs is 1. The largest absolute Gasteiger partial charge is 0.331 e. The summed E-state index contributed by atoms with van der Waals surface area (Å²) < 4.78 is 1.60. The predicted octanol–water partition coefficient (Wildman–Crippen LogP) is 1.31. The number of piperidine rings is 1. The zero-order chi connectivity index (χ0) is 14.8. The summed E-state index contributed by atoms with van der Waals surface area (Å²) in [5.74, 6) is 2.22. The number of carbonyl (C=O) groups is 1. The Morgan fingerprint density at radius 3 is 2.86 bits per heavy atom. The van der Waals surface area contributed by atoms with Crippen LogP contribution in [0.3, 0.4) is 0 Å². The molecular weight excluding hydrogens is 268 g/mol. The van der Waals surface area contributed by atoms with E-state index in [1.54, 1.807) is 23.0 Å². The minimum atomic E-state index is -0.0415. The van der Waals surface area contributed by atoms with Gasteiger partial charge in [-0.25, -0.2) is 14.3 Å². The Bertz CT molecular complexity index is 596. The molecule has 2 aromatic rings. The Labute approximate surface area is 123 Å². The number of amides is 2. The van der Waals surface area contributed by atoms with E-state index in [2.05, 4.69) is 34.2 Å². The van der Waals surface area contributed by atoms with Crippen LogP contribution < -0.4 is 5.32 Å². The SMILES string of the molecule is CC1CC(C)CN(C(=O)NCc2nc3ncccn3n2)C1. The van der Waals surface area contributed by atoms with Crippen LogP contribution in [0.1, 0.15) is 26.1 Å². The van der Waals surface area contributed by atoms with Gasteiger partial charge in [0, 0.05) is 25.5 Å². The highest BCUT2D eigenvalue weighted by Crippen LogP contribution is 2.20. The van der Waals surface area contributed by atoms with E-state index in [4.69, 9.17) is 0 Å². The summed E-state index contributed by atoms with van der Waals surface area (Å²) >= 11 is 0. The lowest BCUT2D eigenvalue weighted by molar-refractivity contribution is 0.145. The zero-order valence-corrected chi connectivity index (χ0v) is 12.4. The smallest absolute Gasteiger partial charge is 0.317 e. The van der Waals surface area contributed by atoms with Crippen LogP contribution in [0.25, 0.3) is 5.78 Å². The van der Waals surface area contributed by atoms with Crippen LogP contribution in [-0.4, -0.2) is 43.6 Å². The van der Waals surface area contributed by atoms with Crippen molar-refractivity contribution in [2.45, 2.75) is 26.8 Å². The molecule has 1 aliphatic heterocycles. The molecule has 0 spiro atoms. The number of rotatable bonds is 2. The number of urea groups is 1. The summed E-state index contributed by atoms with van der Waals surface area (Å²) in [6.45, 7) is 6.32. The minimum absolute atomic E-state index is 0.0415. The number of carbonyl (C=O) groups excluding carboxylic acids is 1. The van der Waals surface area contributed by atoms with Crippen molar-refractivity contribution in [3.8, 4) is 0 Å². The number of hydrogen-bond donors (Lipinski definition) is 1. The van der Waals surface area contributed by atoms with Gasteiger partial charge in [-0.2, -0.15) is 4.98 Å². The van der Waals surface area contributed by atoms with Crippen molar-refractivity contribution in [3.63, 3.8) is 0 Å². The fourth-order valence-electron chi connectivity index (χ4n) is 2.95. The van der Waals surface area contributed by atoms with Crippen LogP contribution in [0.15, 0.2) is 18.5 Å². The van der Waals surface area contributed by atoms with E-state index in [1.165, 1.54) is 6.42 Å². The molecule has 1 fully saturated rings. The molecule has 1 saturated heterocycles. The molecule has 0 bridgehead atoms. The van der Waals surface area contributed by atoms with Crippen molar-refractivity contribution in [2.24, 2.45) is 11.8 Å². The van der Waals surface area contributed by atoms with E-state index in [9.17, 15) is 4.79 Å². The first kappa shape index (κ1) is 13.8. The molecule has 21 heavy (non-hydrogen) atoms. The van der Waals surface area contributed by atoms with Crippen molar-refractivity contribution >= 4 is 11.8 Å². The van der Waals surface area contributed by atoms with Gasteiger partial charge < -0.3 is 10.2 Å². The normalized spacial score (nSPS) is 22.5. The molecule has 0 aromatic carbocycles. The molecule has 2 atom stereocenters. The molecule has 112 valence electrons. The summed E-state index contributed by atoms with van der Waals surface area (Å²) in [7, 11) is 0. The monoisotopic (exact) mass is 288 g/mol. The highest BCUT2D eigenvalue weighted by molar-refractivity contribution is 5.74. The fraction of sp³-hybridized carbons (Fsp3) is 0.571. The van der Waals surface area contributed by atoms with Crippen LogP contribution >= 0.6 is 0 Å². The standard InChI is InChI=1S/C14H20N6O/c1-10-6-11(2)9-19(8-10)14(21)16-7-12-17-13-15-4-3-5-20(13)18-12/h3-5,10-11H,6-9H2,1-2H3,(H,16,21). The van der Waals surface area contributed by atoms with Gasteiger partial charge in [0.05, 0.1) is 6.54 Å². The van der Waals surface area contributed by atoms with E-state index in [0.717, 1.165) is 13.1 Å². The molecule has 1 N–H and O–H groups in total. The van der Waals surface area contributed by atoms with Gasteiger partial charge in [0.25, 0.3) is 5.78 Å². The second-order valence-electron chi connectivity index (χ2n) is 5.90. The molecule has 1 aliphatic rings. The maximum Gasteiger partial charge on any atom is 0.317 e. The maximum absolute atomic E-state index is 12.2. The Balaban J connectivity index is 1.60. The first-order valence-electron chi connectivity index (χ1n) is 7.31. The quantitative estimate of drug-likeness (QED) is 0.904. The summed E-state index contributed by atoms with van der Waals surface area (Å²) in [6.07, 6.45) is 4.64. The van der Waals surface area contributed by atoms with Crippen molar-refractivity contribution in [1.82, 2.24) is 29.8 Å². The Kier molecular flexibility index (Phi) is 3.72. The molecule has 3 rings (SSSR count). The molecule has 0 saturated carbocycles. The van der Waals surface area contributed by atoms with Gasteiger partial charge in [0.2, 0.25) is 0 Å². The van der Waals surface area contributed by atoms with Gasteiger partial charge in [-0.3, -0.25) is 0 Å². The van der Waals surface area contributed by atoms with Crippen molar-refractivity contribution in [1.29, 1.82) is 0 Å². The number of likely N-dealkylation sites (tertiary alicyclic amines) is 1. The van der Waals surface area contributed by atoms with Crippen LogP contribution in [0.2, 0.25) is 0 Å². The van der Waals surface area contributed by atoms with Gasteiger partial charge in [0.1, 0.15) is 0 Å². The molecule has 0 radical (unpaired) electrons. The van der Waals surface area contributed by atoms with E-state index >= 15 is 0 Å². The Morgan fingerprint density at radius 2 is 2.14 bits per heavy atom. The molecular formula is C14H20N6O. The third kappa shape index (κ3) is 3.12. The van der Waals surface area contributed by atoms with E-state index < -0.39 is 0 Å². The predicted molar refractivity (Wildman–Crippen MR) is 77.5 cm³/mol. The lowest BCUT2D eigenvalue weighted by Crippen LogP contribution is -2.47. The van der Waals surface area contributed by atoms with Crippen LogP contribution in [-0.2, 0) is 6.54 Å². The minimum Gasteiger partial charge on any atom is -0.331 e. The zero-order valence-electron chi connectivity index (χ0n) is 12.4. The average Bonchev–Trinajstić information content (AvgIpc) is 2.86. The van der Waals surface area contributed by atoms with Gasteiger partial charge in [-0.1, -0.05) is 13.8 Å². The maximum atomic E-state index is 12.2. The highest BCUT2D eigenvalue weighted by Gasteiger charge is 2.25. The molecule has 2 amide bonds. The van der Waals surface area contributed by atoms with Crippen molar-refractivity contribution in [2.75, 3.05) is 13.1 Å². The Morgan fingerprint density at radius 1 is 1.38 bits per heavy atom. The van der Waals surface area contributed by atoms with Gasteiger partial charge >= 0.3 is 6.03 Å². The van der Waals surface area contributed by atoms with Gasteiger partial charge in [0.15, 0.2) is 5.82 Å². The second kappa shape index (κ2) is 5.67. The third-order valence-electron chi connectivity index (χ3n) is 3.71. The Hall–Kier alpha value is -2.18. The molecule has 7 nitrogen and oxygen atoms in total. The fourth-order valence-corrected chi connectivity index (χ4v) is 2.95. The number of hydrogen-bond acceptors (Lipinski definition) is 4. The lowest BCUT2D eigenvalue weighted by Gasteiger charge is -2.34. The number of nitrogens with zero attached hydrogens (tertiary/aromatic N) is 5. The van der Waals surface area contributed by atoms with E-state index in [-0.39, 0.29) is 6.03 Å². The molecule has 2 aromatic heterocycles. The van der Waals surface area contributed by atoms with Gasteiger partial charge in [-0.15, -0.1) is 5.10 Å². The summed E-state index contributed by atoms with van der Waals surface area (Å²) in [5.41, 5.74) is 0. The molecule has 0 aliphatic carbocycles.